The van der Waals surface area contributed by atoms with Crippen molar-refractivity contribution in [2.75, 3.05) is 7.11 Å². The molecule has 0 aromatic rings. The van der Waals surface area contributed by atoms with Gasteiger partial charge in [-0.1, -0.05) is 34.6 Å². The summed E-state index contributed by atoms with van der Waals surface area (Å²) in [5.41, 5.74) is 0.420. The Hall–Kier alpha value is -0.650. The van der Waals surface area contributed by atoms with Crippen LogP contribution in [0.25, 0.3) is 0 Å². The van der Waals surface area contributed by atoms with E-state index in [0.29, 0.717) is 35.0 Å². The molecule has 0 radical (unpaired) electrons. The van der Waals surface area contributed by atoms with Crippen LogP contribution in [0.4, 0.5) is 0 Å². The average Bonchev–Trinajstić information content (AvgIpc) is 3.41. The SMILES string of the molecule is COC(=O)C1CC(C)C2C(O1)[C@H](O)[C@@]1(C)[C@@H]3CC[C@H]4C(C)(C)C(O)CC[C@@]45CC35CC[C@]21C. The number of carbonyl (C=O) groups is 1. The fourth-order valence-electron chi connectivity index (χ4n) is 11.6. The average molecular weight is 461 g/mol. The van der Waals surface area contributed by atoms with E-state index >= 15 is 0 Å². The maximum Gasteiger partial charge on any atom is 0.334 e. The molecule has 6 aliphatic rings. The summed E-state index contributed by atoms with van der Waals surface area (Å²) in [6.45, 7) is 11.7. The fourth-order valence-corrected chi connectivity index (χ4v) is 11.6. The minimum absolute atomic E-state index is 0.00776. The Labute approximate surface area is 199 Å². The Bertz CT molecular complexity index is 870. The third-order valence-corrected chi connectivity index (χ3v) is 13.2. The second-order valence-electron chi connectivity index (χ2n) is 14.0. The van der Waals surface area contributed by atoms with E-state index in [1.807, 2.05) is 0 Å². The van der Waals surface area contributed by atoms with E-state index in [-0.39, 0.29) is 40.3 Å². The van der Waals surface area contributed by atoms with Crippen molar-refractivity contribution < 1.29 is 24.5 Å². The van der Waals surface area contributed by atoms with Crippen molar-refractivity contribution in [3.8, 4) is 0 Å². The molecule has 0 bridgehead atoms. The molecular weight excluding hydrogens is 416 g/mol. The second kappa shape index (κ2) is 6.56. The molecular formula is C28H44O5. The molecule has 6 fully saturated rings. The van der Waals surface area contributed by atoms with Gasteiger partial charge in [0.25, 0.3) is 0 Å². The van der Waals surface area contributed by atoms with Crippen LogP contribution in [-0.4, -0.2) is 47.7 Å². The van der Waals surface area contributed by atoms with E-state index in [0.717, 1.165) is 32.1 Å². The van der Waals surface area contributed by atoms with Crippen molar-refractivity contribution in [2.24, 2.45) is 50.7 Å². The maximum atomic E-state index is 12.4. The predicted octanol–water partition coefficient (Wildman–Crippen LogP) is 4.33. The molecule has 5 heteroatoms. The first-order valence-electron chi connectivity index (χ1n) is 13.5. The predicted molar refractivity (Wildman–Crippen MR) is 124 cm³/mol. The minimum Gasteiger partial charge on any atom is -0.467 e. The van der Waals surface area contributed by atoms with E-state index in [4.69, 9.17) is 9.47 Å². The lowest BCUT2D eigenvalue weighted by molar-refractivity contribution is -0.184. The van der Waals surface area contributed by atoms with Crippen LogP contribution in [0.1, 0.15) is 86.0 Å². The molecule has 1 aliphatic heterocycles. The van der Waals surface area contributed by atoms with Gasteiger partial charge < -0.3 is 19.7 Å². The van der Waals surface area contributed by atoms with Crippen molar-refractivity contribution in [1.29, 1.82) is 0 Å². The number of carbonyl (C=O) groups excluding carboxylic acids is 1. The first-order chi connectivity index (χ1) is 15.4. The molecule has 5 aliphatic carbocycles. The number of hydrogen-bond acceptors (Lipinski definition) is 5. The number of methoxy groups -OCH3 is 1. The van der Waals surface area contributed by atoms with Crippen LogP contribution in [0.3, 0.4) is 0 Å². The van der Waals surface area contributed by atoms with E-state index in [9.17, 15) is 15.0 Å². The van der Waals surface area contributed by atoms with Crippen LogP contribution >= 0.6 is 0 Å². The summed E-state index contributed by atoms with van der Waals surface area (Å²) in [4.78, 5) is 12.4. The standard InChI is InChI=1S/C28H44O5/c1-15-13-16(23(31)32-6)33-21-20(15)25(4)11-12-28-14-27(28)10-9-19(29)24(2,3)17(27)7-8-18(28)26(25,5)22(21)30/h15-22,29-30H,7-14H2,1-6H3/t15?,16?,17-,18-,19?,20?,21?,22-,25+,26+,27+,28?/m0/s1. The molecule has 186 valence electrons. The lowest BCUT2D eigenvalue weighted by Crippen LogP contribution is -2.59. The molecule has 2 N–H and O–H groups in total. The highest BCUT2D eigenvalue weighted by atomic mass is 16.6. The largest absolute Gasteiger partial charge is 0.467 e. The molecule has 0 amide bonds. The zero-order chi connectivity index (χ0) is 23.8. The van der Waals surface area contributed by atoms with Gasteiger partial charge in [-0.3, -0.25) is 0 Å². The van der Waals surface area contributed by atoms with Crippen molar-refractivity contribution in [3.05, 3.63) is 0 Å². The highest BCUT2D eigenvalue weighted by Gasteiger charge is 2.84. The third kappa shape index (κ3) is 2.34. The van der Waals surface area contributed by atoms with Crippen LogP contribution in [0.2, 0.25) is 0 Å². The van der Waals surface area contributed by atoms with Crippen LogP contribution in [0.5, 0.6) is 0 Å². The first-order valence-corrected chi connectivity index (χ1v) is 13.5. The van der Waals surface area contributed by atoms with Crippen molar-refractivity contribution >= 4 is 5.97 Å². The van der Waals surface area contributed by atoms with Crippen LogP contribution in [0, 0.1) is 50.7 Å². The van der Waals surface area contributed by atoms with E-state index in [1.165, 1.54) is 20.0 Å². The van der Waals surface area contributed by atoms with Gasteiger partial charge in [-0.15, -0.1) is 0 Å². The minimum atomic E-state index is -0.564. The third-order valence-electron chi connectivity index (χ3n) is 13.2. The van der Waals surface area contributed by atoms with Gasteiger partial charge in [0, 0.05) is 5.41 Å². The van der Waals surface area contributed by atoms with Crippen molar-refractivity contribution in [3.63, 3.8) is 0 Å². The lowest BCUT2D eigenvalue weighted by Gasteiger charge is -2.63. The van der Waals surface area contributed by atoms with Crippen molar-refractivity contribution in [2.45, 2.75) is 110 Å². The van der Waals surface area contributed by atoms with Gasteiger partial charge in [0.2, 0.25) is 0 Å². The first kappa shape index (κ1) is 22.8. The number of fused-ring (bicyclic) bond motifs is 4. The summed E-state index contributed by atoms with van der Waals surface area (Å²) < 4.78 is 11.4. The van der Waals surface area contributed by atoms with Gasteiger partial charge in [-0.05, 0) is 96.7 Å². The Balaban J connectivity index is 1.39. The fraction of sp³-hybridized carbons (Fsp3) is 0.964. The monoisotopic (exact) mass is 460 g/mol. The van der Waals surface area contributed by atoms with Gasteiger partial charge >= 0.3 is 5.97 Å². The summed E-state index contributed by atoms with van der Waals surface area (Å²) in [5, 5.41) is 22.9. The van der Waals surface area contributed by atoms with Gasteiger partial charge in [0.15, 0.2) is 6.10 Å². The topological polar surface area (TPSA) is 76.0 Å². The van der Waals surface area contributed by atoms with E-state index in [1.54, 1.807) is 0 Å². The van der Waals surface area contributed by atoms with Gasteiger partial charge in [-0.25, -0.2) is 4.79 Å². The lowest BCUT2D eigenvalue weighted by atomic mass is 9.41. The Kier molecular flexibility index (Phi) is 4.53. The van der Waals surface area contributed by atoms with Gasteiger partial charge in [0.1, 0.15) is 0 Å². The molecule has 33 heavy (non-hydrogen) atoms. The number of esters is 1. The highest BCUT2D eigenvalue weighted by Crippen LogP contribution is 2.89. The summed E-state index contributed by atoms with van der Waals surface area (Å²) in [6, 6.07) is 0. The van der Waals surface area contributed by atoms with Crippen LogP contribution in [-0.2, 0) is 14.3 Å². The second-order valence-corrected chi connectivity index (χ2v) is 14.0. The smallest absolute Gasteiger partial charge is 0.334 e. The number of rotatable bonds is 1. The molecule has 0 aromatic carbocycles. The quantitative estimate of drug-likeness (QED) is 0.570. The summed E-state index contributed by atoms with van der Waals surface area (Å²) in [6.07, 6.45) is 7.09. The Morgan fingerprint density at radius 2 is 1.64 bits per heavy atom. The van der Waals surface area contributed by atoms with Gasteiger partial charge in [-0.2, -0.15) is 0 Å². The summed E-state index contributed by atoms with van der Waals surface area (Å²) in [5.74, 6) is 1.35. The molecule has 0 aromatic heterocycles. The number of aliphatic hydroxyl groups excluding tert-OH is 2. The number of hydrogen-bond donors (Lipinski definition) is 2. The van der Waals surface area contributed by atoms with Crippen LogP contribution < -0.4 is 0 Å². The van der Waals surface area contributed by atoms with Gasteiger partial charge in [0.05, 0.1) is 25.4 Å². The molecule has 6 rings (SSSR count). The zero-order valence-corrected chi connectivity index (χ0v) is 21.4. The molecule has 5 nitrogen and oxygen atoms in total. The number of ether oxygens (including phenoxy) is 2. The molecule has 6 unspecified atom stereocenters. The van der Waals surface area contributed by atoms with E-state index in [2.05, 4.69) is 34.6 Å². The van der Waals surface area contributed by atoms with Crippen molar-refractivity contribution in [1.82, 2.24) is 0 Å². The molecule has 1 heterocycles. The zero-order valence-electron chi connectivity index (χ0n) is 21.4. The summed E-state index contributed by atoms with van der Waals surface area (Å²) >= 11 is 0. The van der Waals surface area contributed by atoms with E-state index < -0.39 is 12.2 Å². The Morgan fingerprint density at radius 3 is 2.33 bits per heavy atom. The maximum absolute atomic E-state index is 12.4. The number of aliphatic hydroxyl groups is 2. The normalized spacial score (nSPS) is 60.5. The molecule has 2 spiro atoms. The molecule has 5 saturated carbocycles. The molecule has 1 saturated heterocycles. The summed E-state index contributed by atoms with van der Waals surface area (Å²) in [7, 11) is 1.42. The molecule has 12 atom stereocenters. The van der Waals surface area contributed by atoms with Crippen LogP contribution in [0.15, 0.2) is 0 Å². The Morgan fingerprint density at radius 1 is 0.970 bits per heavy atom. The highest BCUT2D eigenvalue weighted by molar-refractivity contribution is 5.74.